The highest BCUT2D eigenvalue weighted by Gasteiger charge is 2.02. The van der Waals surface area contributed by atoms with E-state index in [1.807, 2.05) is 25.1 Å². The number of aryl methyl sites for hydroxylation is 1. The highest BCUT2D eigenvalue weighted by Crippen LogP contribution is 2.08. The first kappa shape index (κ1) is 9.86. The van der Waals surface area contributed by atoms with Gasteiger partial charge in [0.25, 0.3) is 5.56 Å². The minimum atomic E-state index is -0.0227. The second kappa shape index (κ2) is 3.82. The molecule has 0 unspecified atom stereocenters. The van der Waals surface area contributed by atoms with Crippen LogP contribution < -0.4 is 11.3 Å². The zero-order valence-electron chi connectivity index (χ0n) is 8.60. The van der Waals surface area contributed by atoms with Crippen molar-refractivity contribution in [2.24, 2.45) is 5.73 Å². The maximum Gasteiger partial charge on any atom is 0.261 e. The van der Waals surface area contributed by atoms with E-state index in [1.165, 1.54) is 4.57 Å². The Morgan fingerprint density at radius 3 is 3.00 bits per heavy atom. The van der Waals surface area contributed by atoms with Gasteiger partial charge in [-0.3, -0.25) is 9.36 Å². The minimum Gasteiger partial charge on any atom is -0.329 e. The van der Waals surface area contributed by atoms with Crippen molar-refractivity contribution in [1.82, 2.24) is 9.55 Å². The molecule has 4 heteroatoms. The zero-order chi connectivity index (χ0) is 10.8. The number of benzene rings is 1. The van der Waals surface area contributed by atoms with Crippen LogP contribution in [0.25, 0.3) is 10.9 Å². The zero-order valence-corrected chi connectivity index (χ0v) is 8.60. The van der Waals surface area contributed by atoms with Crippen LogP contribution in [0, 0.1) is 6.92 Å². The first-order chi connectivity index (χ1) is 7.22. The molecule has 15 heavy (non-hydrogen) atoms. The van der Waals surface area contributed by atoms with Gasteiger partial charge in [0.05, 0.1) is 17.2 Å². The Balaban J connectivity index is 2.69. The molecule has 78 valence electrons. The third kappa shape index (κ3) is 1.76. The molecule has 2 rings (SSSR count). The Bertz CT molecular complexity index is 545. The second-order valence-corrected chi connectivity index (χ2v) is 3.55. The van der Waals surface area contributed by atoms with E-state index in [9.17, 15) is 4.79 Å². The lowest BCUT2D eigenvalue weighted by atomic mass is 10.2. The Labute approximate surface area is 87.4 Å². The first-order valence-corrected chi connectivity index (χ1v) is 4.88. The first-order valence-electron chi connectivity index (χ1n) is 4.88. The molecule has 0 aliphatic carbocycles. The highest BCUT2D eigenvalue weighted by molar-refractivity contribution is 5.77. The molecule has 0 saturated carbocycles. The monoisotopic (exact) mass is 203 g/mol. The molecule has 0 atom stereocenters. The standard InChI is InChI=1S/C11H13N3O/c1-8-2-3-9-10(6-8)13-7-14(5-4-12)11(9)15/h2-3,6-7H,4-5,12H2,1H3. The molecule has 0 aliphatic rings. The van der Waals surface area contributed by atoms with E-state index in [4.69, 9.17) is 5.73 Å². The maximum absolute atomic E-state index is 11.9. The molecule has 0 amide bonds. The molecule has 2 aromatic rings. The maximum atomic E-state index is 11.9. The van der Waals surface area contributed by atoms with Gasteiger partial charge >= 0.3 is 0 Å². The summed E-state index contributed by atoms with van der Waals surface area (Å²) < 4.78 is 1.54. The van der Waals surface area contributed by atoms with Crippen molar-refractivity contribution in [2.45, 2.75) is 13.5 Å². The molecule has 2 N–H and O–H groups in total. The van der Waals surface area contributed by atoms with Crippen LogP contribution in [0.1, 0.15) is 5.56 Å². The second-order valence-electron chi connectivity index (χ2n) is 3.55. The van der Waals surface area contributed by atoms with Crippen LogP contribution in [-0.4, -0.2) is 16.1 Å². The molecule has 0 spiro atoms. The van der Waals surface area contributed by atoms with E-state index in [1.54, 1.807) is 6.33 Å². The number of hydrogen-bond donors (Lipinski definition) is 1. The van der Waals surface area contributed by atoms with Crippen LogP contribution >= 0.6 is 0 Å². The van der Waals surface area contributed by atoms with Crippen molar-refractivity contribution in [3.63, 3.8) is 0 Å². The number of hydrogen-bond acceptors (Lipinski definition) is 3. The summed E-state index contributed by atoms with van der Waals surface area (Å²) in [5.74, 6) is 0. The molecule has 0 fully saturated rings. The summed E-state index contributed by atoms with van der Waals surface area (Å²) >= 11 is 0. The molecule has 4 nitrogen and oxygen atoms in total. The van der Waals surface area contributed by atoms with E-state index in [2.05, 4.69) is 4.98 Å². The smallest absolute Gasteiger partial charge is 0.261 e. The predicted molar refractivity (Wildman–Crippen MR) is 59.8 cm³/mol. The van der Waals surface area contributed by atoms with Crippen LogP contribution in [0.2, 0.25) is 0 Å². The Morgan fingerprint density at radius 1 is 1.47 bits per heavy atom. The van der Waals surface area contributed by atoms with Gasteiger partial charge in [0.2, 0.25) is 0 Å². The number of nitrogens with zero attached hydrogens (tertiary/aromatic N) is 2. The SMILES string of the molecule is Cc1ccc2c(=O)n(CCN)cnc2c1. The average Bonchev–Trinajstić information content (AvgIpc) is 2.22. The molecule has 1 aromatic carbocycles. The molecule has 0 aliphatic heterocycles. The van der Waals surface area contributed by atoms with Crippen molar-refractivity contribution in [3.05, 3.63) is 40.4 Å². The predicted octanol–water partition coefficient (Wildman–Crippen LogP) is 0.664. The summed E-state index contributed by atoms with van der Waals surface area (Å²) in [5, 5.41) is 0.650. The summed E-state index contributed by atoms with van der Waals surface area (Å²) in [6.07, 6.45) is 1.55. The van der Waals surface area contributed by atoms with Gasteiger partial charge in [0.15, 0.2) is 0 Å². The van der Waals surface area contributed by atoms with Gasteiger partial charge in [-0.25, -0.2) is 4.98 Å². The van der Waals surface area contributed by atoms with Crippen molar-refractivity contribution in [1.29, 1.82) is 0 Å². The lowest BCUT2D eigenvalue weighted by molar-refractivity contribution is 0.673. The van der Waals surface area contributed by atoms with Gasteiger partial charge < -0.3 is 5.73 Å². The minimum absolute atomic E-state index is 0.0227. The molecule has 1 heterocycles. The summed E-state index contributed by atoms with van der Waals surface area (Å²) in [7, 11) is 0. The van der Waals surface area contributed by atoms with Crippen molar-refractivity contribution in [3.8, 4) is 0 Å². The number of rotatable bonds is 2. The summed E-state index contributed by atoms with van der Waals surface area (Å²) in [4.78, 5) is 16.1. The van der Waals surface area contributed by atoms with Gasteiger partial charge in [0.1, 0.15) is 0 Å². The van der Waals surface area contributed by atoms with Gasteiger partial charge in [0, 0.05) is 13.1 Å². The number of aromatic nitrogens is 2. The van der Waals surface area contributed by atoms with E-state index < -0.39 is 0 Å². The molecular formula is C11H13N3O. The molecular weight excluding hydrogens is 190 g/mol. The van der Waals surface area contributed by atoms with Crippen LogP contribution in [-0.2, 0) is 6.54 Å². The fraction of sp³-hybridized carbons (Fsp3) is 0.273. The highest BCUT2D eigenvalue weighted by atomic mass is 16.1. The van der Waals surface area contributed by atoms with Crippen molar-refractivity contribution < 1.29 is 0 Å². The fourth-order valence-corrected chi connectivity index (χ4v) is 1.57. The molecule has 0 bridgehead atoms. The summed E-state index contributed by atoms with van der Waals surface area (Å²) in [5.41, 5.74) is 7.23. The Hall–Kier alpha value is -1.68. The number of fused-ring (bicyclic) bond motifs is 1. The summed E-state index contributed by atoms with van der Waals surface area (Å²) in [6, 6.07) is 5.63. The Morgan fingerprint density at radius 2 is 2.27 bits per heavy atom. The van der Waals surface area contributed by atoms with E-state index in [0.717, 1.165) is 11.1 Å². The van der Waals surface area contributed by atoms with Gasteiger partial charge in [-0.05, 0) is 24.6 Å². The summed E-state index contributed by atoms with van der Waals surface area (Å²) in [6.45, 7) is 2.93. The van der Waals surface area contributed by atoms with E-state index in [0.29, 0.717) is 18.5 Å². The largest absolute Gasteiger partial charge is 0.329 e. The molecule has 1 aromatic heterocycles. The Kier molecular flexibility index (Phi) is 2.51. The molecule has 0 radical (unpaired) electrons. The van der Waals surface area contributed by atoms with Crippen LogP contribution in [0.15, 0.2) is 29.3 Å². The number of nitrogens with two attached hydrogens (primary N) is 1. The van der Waals surface area contributed by atoms with Crippen LogP contribution in [0.5, 0.6) is 0 Å². The fourth-order valence-electron chi connectivity index (χ4n) is 1.57. The third-order valence-corrected chi connectivity index (χ3v) is 2.35. The van der Waals surface area contributed by atoms with E-state index in [-0.39, 0.29) is 5.56 Å². The van der Waals surface area contributed by atoms with Crippen molar-refractivity contribution in [2.75, 3.05) is 6.54 Å². The van der Waals surface area contributed by atoms with Crippen LogP contribution in [0.3, 0.4) is 0 Å². The van der Waals surface area contributed by atoms with Gasteiger partial charge in [-0.15, -0.1) is 0 Å². The van der Waals surface area contributed by atoms with E-state index >= 15 is 0 Å². The lowest BCUT2D eigenvalue weighted by Crippen LogP contribution is -2.24. The normalized spacial score (nSPS) is 10.8. The van der Waals surface area contributed by atoms with Gasteiger partial charge in [-0.1, -0.05) is 6.07 Å². The third-order valence-electron chi connectivity index (χ3n) is 2.35. The average molecular weight is 203 g/mol. The topological polar surface area (TPSA) is 60.9 Å². The van der Waals surface area contributed by atoms with Crippen LogP contribution in [0.4, 0.5) is 0 Å². The van der Waals surface area contributed by atoms with Gasteiger partial charge in [-0.2, -0.15) is 0 Å². The lowest BCUT2D eigenvalue weighted by Gasteiger charge is -2.04. The van der Waals surface area contributed by atoms with Crippen molar-refractivity contribution >= 4 is 10.9 Å². The molecule has 0 saturated heterocycles. The quantitative estimate of drug-likeness (QED) is 0.780.